The van der Waals surface area contributed by atoms with E-state index in [9.17, 15) is 9.59 Å². The van der Waals surface area contributed by atoms with Crippen molar-refractivity contribution in [2.45, 2.75) is 26.8 Å². The Hall–Kier alpha value is -3.35. The van der Waals surface area contributed by atoms with Gasteiger partial charge in [0.2, 0.25) is 5.78 Å². The Bertz CT molecular complexity index is 1320. The maximum Gasteiger partial charge on any atom is 0.332 e. The van der Waals surface area contributed by atoms with Gasteiger partial charge in [0.1, 0.15) is 0 Å². The number of imidazole rings is 2. The topological polar surface area (TPSA) is 66.2 Å². The monoisotopic (exact) mass is 363 g/mol. The average molecular weight is 363 g/mol. The summed E-state index contributed by atoms with van der Waals surface area (Å²) < 4.78 is 6.40. The molecule has 3 heterocycles. The van der Waals surface area contributed by atoms with Crippen LogP contribution in [-0.4, -0.2) is 23.1 Å². The summed E-state index contributed by atoms with van der Waals surface area (Å²) in [6, 6.07) is 8.12. The third kappa shape index (κ3) is 2.31. The fourth-order valence-corrected chi connectivity index (χ4v) is 3.63. The number of aryl methyl sites for hydroxylation is 3. The molecule has 0 bridgehead atoms. The molecule has 0 aliphatic heterocycles. The second kappa shape index (κ2) is 6.12. The molecule has 27 heavy (non-hydrogen) atoms. The zero-order chi connectivity index (χ0) is 19.3. The van der Waals surface area contributed by atoms with E-state index in [-0.39, 0.29) is 12.1 Å². The van der Waals surface area contributed by atoms with E-state index in [0.29, 0.717) is 16.9 Å². The van der Waals surface area contributed by atoms with E-state index < -0.39 is 5.69 Å². The first-order valence-corrected chi connectivity index (χ1v) is 8.88. The lowest BCUT2D eigenvalue weighted by Gasteiger charge is -2.10. The summed E-state index contributed by atoms with van der Waals surface area (Å²) >= 11 is 0. The van der Waals surface area contributed by atoms with Crippen LogP contribution in [0.2, 0.25) is 0 Å². The highest BCUT2D eigenvalue weighted by Gasteiger charge is 2.21. The summed E-state index contributed by atoms with van der Waals surface area (Å²) in [5.41, 5.74) is 3.19. The predicted molar refractivity (Wildman–Crippen MR) is 106 cm³/mol. The highest BCUT2D eigenvalue weighted by Crippen LogP contribution is 2.23. The first-order valence-electron chi connectivity index (χ1n) is 8.88. The fourth-order valence-electron chi connectivity index (χ4n) is 3.63. The van der Waals surface area contributed by atoms with Crippen molar-refractivity contribution < 1.29 is 0 Å². The molecule has 7 heteroatoms. The third-order valence-electron chi connectivity index (χ3n) is 4.95. The van der Waals surface area contributed by atoms with Crippen LogP contribution < -0.4 is 11.2 Å². The second-order valence-corrected chi connectivity index (χ2v) is 6.59. The van der Waals surface area contributed by atoms with Crippen LogP contribution in [0.25, 0.3) is 22.6 Å². The molecule has 138 valence electrons. The van der Waals surface area contributed by atoms with Gasteiger partial charge in [-0.3, -0.25) is 22.9 Å². The predicted octanol–water partition coefficient (Wildman–Crippen LogP) is 2.20. The van der Waals surface area contributed by atoms with Crippen molar-refractivity contribution in [2.75, 3.05) is 0 Å². The van der Waals surface area contributed by atoms with Crippen molar-refractivity contribution in [3.8, 4) is 5.69 Å². The molecule has 0 saturated heterocycles. The number of para-hydroxylation sites is 1. The minimum Gasteiger partial charge on any atom is -0.283 e. The summed E-state index contributed by atoms with van der Waals surface area (Å²) in [4.78, 5) is 30.2. The molecule has 0 aliphatic rings. The number of hydrogen-bond acceptors (Lipinski definition) is 3. The fraction of sp³-hybridized carbons (Fsp3) is 0.250. The Morgan fingerprint density at radius 3 is 2.67 bits per heavy atom. The SMILES string of the molecule is C=CCn1c(=O)c2c(nc3n(-c4ccccc4CC)c(C)cn23)n(C)c1=O. The molecular formula is C20H21N5O2. The average Bonchev–Trinajstić information content (AvgIpc) is 3.18. The van der Waals surface area contributed by atoms with Gasteiger partial charge in [-0.25, -0.2) is 4.79 Å². The van der Waals surface area contributed by atoms with Crippen LogP contribution in [0.5, 0.6) is 0 Å². The van der Waals surface area contributed by atoms with Crippen LogP contribution in [0.1, 0.15) is 18.2 Å². The number of nitrogens with zero attached hydrogens (tertiary/aromatic N) is 5. The minimum atomic E-state index is -0.398. The number of allylic oxidation sites excluding steroid dienone is 1. The lowest BCUT2D eigenvalue weighted by Crippen LogP contribution is -2.39. The normalized spacial score (nSPS) is 11.5. The quantitative estimate of drug-likeness (QED) is 0.522. The van der Waals surface area contributed by atoms with Crippen molar-refractivity contribution in [1.82, 2.24) is 23.1 Å². The number of rotatable bonds is 4. The summed E-state index contributed by atoms with van der Waals surface area (Å²) in [5, 5.41) is 0. The van der Waals surface area contributed by atoms with Gasteiger partial charge >= 0.3 is 5.69 Å². The van der Waals surface area contributed by atoms with Gasteiger partial charge < -0.3 is 0 Å². The van der Waals surface area contributed by atoms with Gasteiger partial charge in [0.05, 0.1) is 5.69 Å². The Morgan fingerprint density at radius 2 is 1.96 bits per heavy atom. The van der Waals surface area contributed by atoms with Crippen LogP contribution in [0.3, 0.4) is 0 Å². The number of fused-ring (bicyclic) bond motifs is 3. The van der Waals surface area contributed by atoms with Crippen molar-refractivity contribution in [2.24, 2.45) is 7.05 Å². The van der Waals surface area contributed by atoms with Crippen LogP contribution in [0.15, 0.2) is 52.7 Å². The Labute approximate surface area is 155 Å². The molecule has 0 saturated carbocycles. The molecule has 0 unspecified atom stereocenters. The number of hydrogen-bond donors (Lipinski definition) is 0. The van der Waals surface area contributed by atoms with Crippen molar-refractivity contribution in [1.29, 1.82) is 0 Å². The van der Waals surface area contributed by atoms with E-state index >= 15 is 0 Å². The van der Waals surface area contributed by atoms with Crippen LogP contribution in [0, 0.1) is 6.92 Å². The Balaban J connectivity index is 2.17. The molecule has 7 nitrogen and oxygen atoms in total. The highest BCUT2D eigenvalue weighted by molar-refractivity contribution is 5.76. The van der Waals surface area contributed by atoms with E-state index in [1.807, 2.05) is 35.9 Å². The summed E-state index contributed by atoms with van der Waals surface area (Å²) in [6.45, 7) is 7.89. The molecule has 3 aromatic heterocycles. The molecular weight excluding hydrogens is 342 g/mol. The molecule has 1 aromatic carbocycles. The van der Waals surface area contributed by atoms with E-state index in [0.717, 1.165) is 17.8 Å². The van der Waals surface area contributed by atoms with Gasteiger partial charge in [-0.05, 0) is 25.0 Å². The minimum absolute atomic E-state index is 0.160. The van der Waals surface area contributed by atoms with Crippen molar-refractivity contribution in [3.63, 3.8) is 0 Å². The van der Waals surface area contributed by atoms with E-state index in [1.165, 1.54) is 14.7 Å². The second-order valence-electron chi connectivity index (χ2n) is 6.59. The highest BCUT2D eigenvalue weighted by atomic mass is 16.2. The molecule has 4 rings (SSSR count). The molecule has 0 amide bonds. The Kier molecular flexibility index (Phi) is 3.87. The third-order valence-corrected chi connectivity index (χ3v) is 4.95. The van der Waals surface area contributed by atoms with Gasteiger partial charge in [0, 0.05) is 25.5 Å². The van der Waals surface area contributed by atoms with Gasteiger partial charge in [-0.15, -0.1) is 6.58 Å². The molecule has 0 aliphatic carbocycles. The van der Waals surface area contributed by atoms with Crippen LogP contribution in [0.4, 0.5) is 0 Å². The summed E-state index contributed by atoms with van der Waals surface area (Å²) in [7, 11) is 1.63. The largest absolute Gasteiger partial charge is 0.332 e. The summed E-state index contributed by atoms with van der Waals surface area (Å²) in [6.07, 6.45) is 4.31. The van der Waals surface area contributed by atoms with Crippen molar-refractivity contribution >= 4 is 16.9 Å². The molecule has 4 aromatic rings. The van der Waals surface area contributed by atoms with Gasteiger partial charge in [0.15, 0.2) is 11.2 Å². The van der Waals surface area contributed by atoms with E-state index in [2.05, 4.69) is 24.6 Å². The molecule has 0 N–H and O–H groups in total. The van der Waals surface area contributed by atoms with Crippen LogP contribution in [-0.2, 0) is 20.0 Å². The summed E-state index contributed by atoms with van der Waals surface area (Å²) in [5.74, 6) is 0.617. The maximum atomic E-state index is 13.0. The zero-order valence-electron chi connectivity index (χ0n) is 15.6. The van der Waals surface area contributed by atoms with E-state index in [4.69, 9.17) is 0 Å². The standard InChI is InChI=1S/C20H21N5O2/c1-5-11-23-18(26)16-17(22(4)20(23)27)21-19-24(16)12-13(3)25(19)15-10-8-7-9-14(15)6-2/h5,7-10,12H,1,6,11H2,2-4H3. The van der Waals surface area contributed by atoms with Gasteiger partial charge in [-0.1, -0.05) is 31.2 Å². The van der Waals surface area contributed by atoms with Gasteiger partial charge in [-0.2, -0.15) is 4.98 Å². The first-order chi connectivity index (χ1) is 13.0. The lowest BCUT2D eigenvalue weighted by molar-refractivity contribution is 0.667. The first kappa shape index (κ1) is 17.1. The Morgan fingerprint density at radius 1 is 1.22 bits per heavy atom. The molecule has 0 atom stereocenters. The van der Waals surface area contributed by atoms with E-state index in [1.54, 1.807) is 17.5 Å². The zero-order valence-corrected chi connectivity index (χ0v) is 15.6. The van der Waals surface area contributed by atoms with Crippen LogP contribution >= 0.6 is 0 Å². The molecule has 0 spiro atoms. The molecule has 0 radical (unpaired) electrons. The lowest BCUT2D eigenvalue weighted by atomic mass is 10.1. The maximum absolute atomic E-state index is 13.0. The van der Waals surface area contributed by atoms with Gasteiger partial charge in [0.25, 0.3) is 5.56 Å². The number of benzene rings is 1. The number of aromatic nitrogens is 5. The van der Waals surface area contributed by atoms with Crippen molar-refractivity contribution in [3.05, 3.63) is 75.2 Å². The smallest absolute Gasteiger partial charge is 0.283 e. The molecule has 0 fully saturated rings.